The molecular formula is C39H37N4O12S+. The highest BCUT2D eigenvalue weighted by Gasteiger charge is 2.38. The van der Waals surface area contributed by atoms with E-state index in [0.717, 1.165) is 11.0 Å². The van der Waals surface area contributed by atoms with E-state index >= 15 is 0 Å². The highest BCUT2D eigenvalue weighted by atomic mass is 32.2. The second-order valence-electron chi connectivity index (χ2n) is 14.3. The summed E-state index contributed by atoms with van der Waals surface area (Å²) in [6.45, 7) is 1.88. The van der Waals surface area contributed by atoms with Gasteiger partial charge in [-0.2, -0.15) is 8.42 Å². The molecule has 0 unspecified atom stereocenters. The standard InChI is InChI=1S/C39H36N4O12S/c44-33-9-10-34(45)42(33)54-38(48)23-13-17-40(18-14-23)25-5-7-27-30(21-25)53-31-22-26(6-8-28(31)37(27)29-3-1-2-4-32(29)56(50,51)52)41-19-15-24(16-20-41)39(49)55-43-35(46)11-12-36(43)47/h1-8,21-24H,9-20H2/p+1. The van der Waals surface area contributed by atoms with Gasteiger partial charge in [-0.1, -0.05) is 18.2 Å². The number of imide groups is 2. The summed E-state index contributed by atoms with van der Waals surface area (Å²) in [5, 5.41) is 2.51. The van der Waals surface area contributed by atoms with Gasteiger partial charge in [0.25, 0.3) is 33.7 Å². The Morgan fingerprint density at radius 3 is 1.88 bits per heavy atom. The van der Waals surface area contributed by atoms with Gasteiger partial charge in [0.2, 0.25) is 5.36 Å². The summed E-state index contributed by atoms with van der Waals surface area (Å²) in [6.07, 6.45) is 1.74. The Morgan fingerprint density at radius 1 is 0.714 bits per heavy atom. The normalized spacial score (nSPS) is 19.8. The third-order valence-electron chi connectivity index (χ3n) is 10.9. The van der Waals surface area contributed by atoms with Gasteiger partial charge in [0.1, 0.15) is 29.3 Å². The van der Waals surface area contributed by atoms with E-state index in [1.807, 2.05) is 36.4 Å². The van der Waals surface area contributed by atoms with E-state index in [1.54, 1.807) is 12.1 Å². The molecular weight excluding hydrogens is 749 g/mol. The van der Waals surface area contributed by atoms with Crippen molar-refractivity contribution in [2.75, 3.05) is 31.1 Å². The molecule has 56 heavy (non-hydrogen) atoms. The molecule has 1 aliphatic carbocycles. The third kappa shape index (κ3) is 7.03. The summed E-state index contributed by atoms with van der Waals surface area (Å²) in [7, 11) is -4.63. The van der Waals surface area contributed by atoms with Gasteiger partial charge in [-0.3, -0.25) is 23.7 Å². The van der Waals surface area contributed by atoms with Crippen LogP contribution in [-0.4, -0.2) is 84.8 Å². The Balaban J connectivity index is 1.10. The lowest BCUT2D eigenvalue weighted by Gasteiger charge is -2.33. The van der Waals surface area contributed by atoms with E-state index < -0.39 is 57.5 Å². The van der Waals surface area contributed by atoms with Gasteiger partial charge in [-0.15, -0.1) is 10.1 Å². The maximum absolute atomic E-state index is 12.8. The molecule has 4 saturated heterocycles. The van der Waals surface area contributed by atoms with Crippen molar-refractivity contribution in [2.24, 2.45) is 11.8 Å². The number of fused-ring (bicyclic) bond motifs is 2. The molecule has 4 amide bonds. The van der Waals surface area contributed by atoms with Crippen molar-refractivity contribution in [1.29, 1.82) is 0 Å². The molecule has 16 nitrogen and oxygen atoms in total. The summed E-state index contributed by atoms with van der Waals surface area (Å²) in [4.78, 5) is 85.5. The second kappa shape index (κ2) is 14.6. The highest BCUT2D eigenvalue weighted by molar-refractivity contribution is 7.86. The lowest BCUT2D eigenvalue weighted by atomic mass is 9.93. The molecule has 4 fully saturated rings. The minimum atomic E-state index is -4.63. The first-order valence-corrected chi connectivity index (χ1v) is 19.9. The second-order valence-corrected chi connectivity index (χ2v) is 15.7. The molecule has 8 rings (SSSR count). The van der Waals surface area contributed by atoms with Gasteiger partial charge in [0.05, 0.1) is 17.9 Å². The monoisotopic (exact) mass is 785 g/mol. The predicted molar refractivity (Wildman–Crippen MR) is 195 cm³/mol. The molecule has 5 heterocycles. The van der Waals surface area contributed by atoms with Crippen LogP contribution in [0, 0.1) is 11.8 Å². The number of hydrogen-bond acceptors (Lipinski definition) is 12. The number of benzene rings is 3. The summed E-state index contributed by atoms with van der Waals surface area (Å²) >= 11 is 0. The number of hydroxylamine groups is 4. The largest absolute Gasteiger partial charge is 0.456 e. The van der Waals surface area contributed by atoms with Crippen LogP contribution in [0.2, 0.25) is 0 Å². The number of carbonyl (C=O) groups excluding carboxylic acids is 6. The van der Waals surface area contributed by atoms with Gasteiger partial charge in [0.15, 0.2) is 0 Å². The minimum Gasteiger partial charge on any atom is -0.456 e. The molecule has 2 aromatic rings. The van der Waals surface area contributed by atoms with Crippen LogP contribution in [0.25, 0.3) is 33.4 Å². The first kappa shape index (κ1) is 37.0. The van der Waals surface area contributed by atoms with E-state index in [0.29, 0.717) is 89.8 Å². The van der Waals surface area contributed by atoms with E-state index in [1.165, 1.54) is 12.1 Å². The Hall–Kier alpha value is -5.94. The molecule has 6 aliphatic rings. The van der Waals surface area contributed by atoms with Crippen LogP contribution in [0.5, 0.6) is 0 Å². The quantitative estimate of drug-likeness (QED) is 0.124. The summed E-state index contributed by atoms with van der Waals surface area (Å²) in [5.41, 5.74) is 2.64. The minimum absolute atomic E-state index is 0.0166. The van der Waals surface area contributed by atoms with Crippen LogP contribution in [0.4, 0.5) is 5.69 Å². The van der Waals surface area contributed by atoms with Crippen molar-refractivity contribution in [1.82, 2.24) is 14.7 Å². The fourth-order valence-electron chi connectivity index (χ4n) is 7.84. The highest BCUT2D eigenvalue weighted by Crippen LogP contribution is 2.43. The summed E-state index contributed by atoms with van der Waals surface area (Å²) in [6, 6.07) is 17.3. The lowest BCUT2D eigenvalue weighted by Crippen LogP contribution is -2.42. The van der Waals surface area contributed by atoms with Crippen LogP contribution in [-0.2, 0) is 48.6 Å². The van der Waals surface area contributed by atoms with E-state index in [4.69, 9.17) is 14.1 Å². The third-order valence-corrected chi connectivity index (χ3v) is 11.8. The zero-order chi connectivity index (χ0) is 39.3. The fraction of sp³-hybridized carbons (Fsp3) is 0.359. The summed E-state index contributed by atoms with van der Waals surface area (Å²) < 4.78 is 44.1. The van der Waals surface area contributed by atoms with Crippen molar-refractivity contribution in [2.45, 2.75) is 56.3 Å². The average Bonchev–Trinajstić information content (AvgIpc) is 3.69. The number of nitrogens with zero attached hydrogens (tertiary/aromatic N) is 4. The summed E-state index contributed by atoms with van der Waals surface area (Å²) in [5.74, 6) is -3.93. The van der Waals surface area contributed by atoms with E-state index in [-0.39, 0.29) is 36.1 Å². The van der Waals surface area contributed by atoms with Gasteiger partial charge >= 0.3 is 11.9 Å². The van der Waals surface area contributed by atoms with Crippen molar-refractivity contribution in [3.63, 3.8) is 0 Å². The van der Waals surface area contributed by atoms with E-state index in [2.05, 4.69) is 9.48 Å². The topological polar surface area (TPSA) is 201 Å². The Morgan fingerprint density at radius 2 is 1.29 bits per heavy atom. The number of anilines is 1. The molecule has 2 aromatic carbocycles. The number of piperidine rings is 2. The molecule has 0 radical (unpaired) electrons. The van der Waals surface area contributed by atoms with Crippen molar-refractivity contribution >= 4 is 62.3 Å². The zero-order valence-electron chi connectivity index (χ0n) is 30.0. The molecule has 0 spiro atoms. The number of carbonyl (C=O) groups is 6. The van der Waals surface area contributed by atoms with E-state index in [9.17, 15) is 41.7 Å². The molecule has 17 heteroatoms. The van der Waals surface area contributed by atoms with Crippen LogP contribution >= 0.6 is 0 Å². The van der Waals surface area contributed by atoms with Crippen LogP contribution in [0.1, 0.15) is 51.4 Å². The van der Waals surface area contributed by atoms with Crippen molar-refractivity contribution in [3.8, 4) is 22.5 Å². The maximum Gasteiger partial charge on any atom is 0.336 e. The van der Waals surface area contributed by atoms with Gasteiger partial charge in [-0.25, -0.2) is 14.2 Å². The molecule has 0 aromatic heterocycles. The predicted octanol–water partition coefficient (Wildman–Crippen LogP) is 3.06. The van der Waals surface area contributed by atoms with Crippen molar-refractivity contribution in [3.05, 3.63) is 66.0 Å². The first-order valence-electron chi connectivity index (χ1n) is 18.4. The molecule has 1 N–H and O–H groups in total. The number of hydrogen-bond donors (Lipinski definition) is 1. The van der Waals surface area contributed by atoms with Gasteiger partial charge in [0, 0.05) is 91.5 Å². The fourth-order valence-corrected chi connectivity index (χ4v) is 8.54. The zero-order valence-corrected chi connectivity index (χ0v) is 30.9. The SMILES string of the molecule is O=C(ON1C(=O)CCC1=O)C1CCN(c2ccc3c(-c4ccccc4S(=O)(=O)O)c4ccc(=[N+]5CCC(C(=O)ON6C(=O)CCC6=O)CC5)cc-4oc3c2)CC1. The maximum atomic E-state index is 12.8. The average molecular weight is 786 g/mol. The Bertz CT molecular complexity index is 2440. The smallest absolute Gasteiger partial charge is 0.336 e. The molecule has 290 valence electrons. The van der Waals surface area contributed by atoms with Crippen molar-refractivity contribution < 1.29 is 55.8 Å². The van der Waals surface area contributed by atoms with Crippen LogP contribution < -0.4 is 14.8 Å². The Kier molecular flexibility index (Phi) is 9.66. The van der Waals surface area contributed by atoms with Crippen LogP contribution in [0.3, 0.4) is 0 Å². The molecule has 0 bridgehead atoms. The van der Waals surface area contributed by atoms with Gasteiger partial charge in [-0.05, 0) is 37.1 Å². The molecule has 5 aliphatic heterocycles. The molecule has 0 atom stereocenters. The first-order chi connectivity index (χ1) is 26.9. The number of rotatable bonds is 7. The lowest BCUT2D eigenvalue weighted by molar-refractivity contribution is -0.201. The number of amides is 4. The van der Waals surface area contributed by atoms with Gasteiger partial charge < -0.3 is 19.0 Å². The molecule has 0 saturated carbocycles. The van der Waals surface area contributed by atoms with Crippen LogP contribution in [0.15, 0.2) is 70.0 Å². The Labute approximate surface area is 319 Å².